The quantitative estimate of drug-likeness (QED) is 0.648. The topological polar surface area (TPSA) is 119 Å². The van der Waals surface area contributed by atoms with Gasteiger partial charge in [-0.3, -0.25) is 9.48 Å². The summed E-state index contributed by atoms with van der Waals surface area (Å²) in [5.74, 6) is -0.445. The van der Waals surface area contributed by atoms with Crippen molar-refractivity contribution in [2.24, 2.45) is 12.8 Å². The Morgan fingerprint density at radius 2 is 1.88 bits per heavy atom. The van der Waals surface area contributed by atoms with Gasteiger partial charge in [0, 0.05) is 19.6 Å². The molecule has 0 fully saturated rings. The molecule has 1 amide bonds. The first-order valence-electron chi connectivity index (χ1n) is 8.24. The van der Waals surface area contributed by atoms with E-state index in [4.69, 9.17) is 5.73 Å². The monoisotopic (exact) mass is 379 g/mol. The molecule has 4 N–H and O–H groups in total. The maximum atomic E-state index is 12.6. The van der Waals surface area contributed by atoms with E-state index in [2.05, 4.69) is 15.1 Å². The summed E-state index contributed by atoms with van der Waals surface area (Å²) in [5, 5.41) is 6.78. The van der Waals surface area contributed by atoms with Crippen LogP contribution in [0.15, 0.2) is 35.2 Å². The Kier molecular flexibility index (Phi) is 6.17. The van der Waals surface area contributed by atoms with Crippen molar-refractivity contribution in [1.29, 1.82) is 0 Å². The van der Waals surface area contributed by atoms with Gasteiger partial charge >= 0.3 is 0 Å². The lowest BCUT2D eigenvalue weighted by atomic mass is 10.1. The van der Waals surface area contributed by atoms with Crippen LogP contribution in [0.25, 0.3) is 0 Å². The predicted molar refractivity (Wildman–Crippen MR) is 98.8 cm³/mol. The van der Waals surface area contributed by atoms with Gasteiger partial charge in [0.2, 0.25) is 15.9 Å². The molecule has 2 atom stereocenters. The lowest BCUT2D eigenvalue weighted by Crippen LogP contribution is -2.46. The second-order valence-electron chi connectivity index (χ2n) is 6.23. The second-order valence-corrected chi connectivity index (χ2v) is 7.88. The van der Waals surface area contributed by atoms with Crippen molar-refractivity contribution in [2.45, 2.75) is 37.8 Å². The first-order chi connectivity index (χ1) is 12.1. The SMILES string of the molecule is Cc1nn(C)c(C)c1S(=O)(=O)NC(C)C(=O)NCC(N)c1ccccc1. The fraction of sp³-hybridized carbons (Fsp3) is 0.412. The molecule has 142 valence electrons. The third kappa shape index (κ3) is 4.48. The molecule has 0 saturated heterocycles. The minimum atomic E-state index is -3.86. The molecule has 9 heteroatoms. The molecule has 0 aliphatic carbocycles. The van der Waals surface area contributed by atoms with E-state index in [9.17, 15) is 13.2 Å². The maximum absolute atomic E-state index is 12.6. The zero-order chi connectivity index (χ0) is 19.5. The number of nitrogens with two attached hydrogens (primary N) is 1. The Labute approximate surface area is 153 Å². The lowest BCUT2D eigenvalue weighted by Gasteiger charge is -2.17. The van der Waals surface area contributed by atoms with E-state index in [0.717, 1.165) is 5.56 Å². The van der Waals surface area contributed by atoms with Crippen LogP contribution < -0.4 is 15.8 Å². The molecule has 2 rings (SSSR count). The van der Waals surface area contributed by atoms with E-state index >= 15 is 0 Å². The number of sulfonamides is 1. The fourth-order valence-corrected chi connectivity index (χ4v) is 4.31. The number of nitrogens with one attached hydrogen (secondary N) is 2. The molecule has 0 saturated carbocycles. The normalized spacial score (nSPS) is 14.0. The number of carbonyl (C=O) groups excluding carboxylic acids is 1. The number of aromatic nitrogens is 2. The highest BCUT2D eigenvalue weighted by Crippen LogP contribution is 2.18. The van der Waals surface area contributed by atoms with Gasteiger partial charge in [-0.15, -0.1) is 0 Å². The summed E-state index contributed by atoms with van der Waals surface area (Å²) in [6.07, 6.45) is 0. The van der Waals surface area contributed by atoms with Gasteiger partial charge < -0.3 is 11.1 Å². The van der Waals surface area contributed by atoms with Gasteiger partial charge in [-0.1, -0.05) is 30.3 Å². The highest BCUT2D eigenvalue weighted by atomic mass is 32.2. The van der Waals surface area contributed by atoms with E-state index < -0.39 is 22.0 Å². The molecule has 26 heavy (non-hydrogen) atoms. The van der Waals surface area contributed by atoms with Crippen LogP contribution in [0.1, 0.15) is 29.9 Å². The number of benzene rings is 1. The van der Waals surface area contributed by atoms with Crippen molar-refractivity contribution in [1.82, 2.24) is 19.8 Å². The number of hydrogen-bond donors (Lipinski definition) is 3. The fourth-order valence-electron chi connectivity index (χ4n) is 2.67. The third-order valence-electron chi connectivity index (χ3n) is 4.16. The molecule has 1 aromatic heterocycles. The van der Waals surface area contributed by atoms with Crippen LogP contribution in [0.2, 0.25) is 0 Å². The number of amides is 1. The first kappa shape index (κ1) is 20.1. The highest BCUT2D eigenvalue weighted by molar-refractivity contribution is 7.89. The van der Waals surface area contributed by atoms with E-state index in [1.54, 1.807) is 20.9 Å². The summed E-state index contributed by atoms with van der Waals surface area (Å²) in [5.41, 5.74) is 7.82. The minimum absolute atomic E-state index is 0.0978. The van der Waals surface area contributed by atoms with E-state index in [1.807, 2.05) is 30.3 Å². The van der Waals surface area contributed by atoms with Crippen molar-refractivity contribution in [3.8, 4) is 0 Å². The zero-order valence-electron chi connectivity index (χ0n) is 15.4. The molecule has 2 aromatic rings. The average Bonchev–Trinajstić information content (AvgIpc) is 2.85. The van der Waals surface area contributed by atoms with Crippen LogP contribution in [-0.2, 0) is 21.9 Å². The summed E-state index contributed by atoms with van der Waals surface area (Å²) in [4.78, 5) is 12.3. The molecule has 1 aromatic carbocycles. The molecular formula is C17H25N5O3S. The smallest absolute Gasteiger partial charge is 0.244 e. The minimum Gasteiger partial charge on any atom is -0.353 e. The molecule has 8 nitrogen and oxygen atoms in total. The summed E-state index contributed by atoms with van der Waals surface area (Å²) in [6.45, 7) is 4.98. The lowest BCUT2D eigenvalue weighted by molar-refractivity contribution is -0.122. The molecule has 0 aliphatic heterocycles. The van der Waals surface area contributed by atoms with Gasteiger partial charge in [-0.05, 0) is 26.3 Å². The summed E-state index contributed by atoms with van der Waals surface area (Å²) in [6, 6.07) is 8.05. The van der Waals surface area contributed by atoms with Crippen LogP contribution >= 0.6 is 0 Å². The van der Waals surface area contributed by atoms with Crippen LogP contribution in [0.4, 0.5) is 0 Å². The Bertz CT molecular complexity index is 877. The van der Waals surface area contributed by atoms with Crippen molar-refractivity contribution in [3.63, 3.8) is 0 Å². The Morgan fingerprint density at radius 1 is 1.27 bits per heavy atom. The van der Waals surface area contributed by atoms with E-state index in [-0.39, 0.29) is 17.5 Å². The number of hydrogen-bond acceptors (Lipinski definition) is 5. The van der Waals surface area contributed by atoms with E-state index in [1.165, 1.54) is 11.6 Å². The predicted octanol–water partition coefficient (Wildman–Crippen LogP) is 0.520. The third-order valence-corrected chi connectivity index (χ3v) is 5.95. The molecule has 1 heterocycles. The number of rotatable bonds is 7. The van der Waals surface area contributed by atoms with Crippen LogP contribution in [0.5, 0.6) is 0 Å². The molecule has 2 unspecified atom stereocenters. The van der Waals surface area contributed by atoms with Gasteiger partial charge in [-0.25, -0.2) is 8.42 Å². The van der Waals surface area contributed by atoms with Crippen LogP contribution in [-0.4, -0.2) is 36.7 Å². The summed E-state index contributed by atoms with van der Waals surface area (Å²) >= 11 is 0. The van der Waals surface area contributed by atoms with Crippen LogP contribution in [0.3, 0.4) is 0 Å². The Balaban J connectivity index is 2.00. The number of nitrogens with zero attached hydrogens (tertiary/aromatic N) is 2. The van der Waals surface area contributed by atoms with Gasteiger partial charge in [0.1, 0.15) is 4.90 Å². The van der Waals surface area contributed by atoms with Crippen molar-refractivity contribution >= 4 is 15.9 Å². The highest BCUT2D eigenvalue weighted by Gasteiger charge is 2.27. The molecule has 0 bridgehead atoms. The molecule has 0 spiro atoms. The standard InChI is InChI=1S/C17H25N5O3S/c1-11-16(13(3)22(4)20-11)26(24,25)21-12(2)17(23)19-10-15(18)14-8-6-5-7-9-14/h5-9,12,15,21H,10,18H2,1-4H3,(H,19,23). The Morgan fingerprint density at radius 3 is 2.42 bits per heavy atom. The first-order valence-corrected chi connectivity index (χ1v) is 9.72. The van der Waals surface area contributed by atoms with Crippen molar-refractivity contribution < 1.29 is 13.2 Å². The number of carbonyl (C=O) groups is 1. The van der Waals surface area contributed by atoms with Crippen LogP contribution in [0, 0.1) is 13.8 Å². The average molecular weight is 379 g/mol. The second kappa shape index (κ2) is 7.98. The largest absolute Gasteiger partial charge is 0.353 e. The summed E-state index contributed by atoms with van der Waals surface area (Å²) in [7, 11) is -2.19. The molecule has 0 radical (unpaired) electrons. The summed E-state index contributed by atoms with van der Waals surface area (Å²) < 4.78 is 29.1. The zero-order valence-corrected chi connectivity index (χ0v) is 16.2. The van der Waals surface area contributed by atoms with Gasteiger partial charge in [0.15, 0.2) is 0 Å². The molecule has 0 aliphatic rings. The number of aryl methyl sites for hydroxylation is 2. The van der Waals surface area contributed by atoms with Crippen molar-refractivity contribution in [3.05, 3.63) is 47.3 Å². The molecular weight excluding hydrogens is 354 g/mol. The van der Waals surface area contributed by atoms with Crippen molar-refractivity contribution in [2.75, 3.05) is 6.54 Å². The maximum Gasteiger partial charge on any atom is 0.244 e. The van der Waals surface area contributed by atoms with Gasteiger partial charge in [0.25, 0.3) is 0 Å². The van der Waals surface area contributed by atoms with Gasteiger partial charge in [-0.2, -0.15) is 9.82 Å². The van der Waals surface area contributed by atoms with E-state index in [0.29, 0.717) is 11.4 Å². The Hall–Kier alpha value is -2.23. The van der Waals surface area contributed by atoms with Gasteiger partial charge in [0.05, 0.1) is 17.4 Å².